The Morgan fingerprint density at radius 1 is 1.21 bits per heavy atom. The molecule has 7 heteroatoms. The Kier molecular flexibility index (Phi) is 6.04. The molecule has 0 unspecified atom stereocenters. The van der Waals surface area contributed by atoms with Gasteiger partial charge in [-0.25, -0.2) is 0 Å². The molecule has 0 radical (unpaired) electrons. The van der Waals surface area contributed by atoms with Crippen LogP contribution in [0.1, 0.15) is 31.0 Å². The van der Waals surface area contributed by atoms with Crippen molar-refractivity contribution in [2.75, 3.05) is 46.4 Å². The van der Waals surface area contributed by atoms with Crippen molar-refractivity contribution in [2.24, 2.45) is 4.99 Å². The minimum Gasteiger partial charge on any atom is -0.496 e. The monoisotopic (exact) mass is 397 g/mol. The number of nitrogens with zero attached hydrogens (tertiary/aromatic N) is 4. The number of rotatable bonds is 7. The standard InChI is InChI=1S/C22H31N5O2/c1-3-23-21(27-13-11-26(12-14-27)16-18-8-15-29-25-18)24-17-22(9-10-22)19-6-4-5-7-20(19)28-2/h4-8,15H,3,9-14,16-17H2,1-2H3,(H,23,24). The van der Waals surface area contributed by atoms with E-state index in [1.807, 2.05) is 12.1 Å². The summed E-state index contributed by atoms with van der Waals surface area (Å²) >= 11 is 0. The average Bonchev–Trinajstić information content (AvgIpc) is 3.38. The Hall–Kier alpha value is -2.54. The van der Waals surface area contributed by atoms with Gasteiger partial charge in [0.05, 0.1) is 19.3 Å². The van der Waals surface area contributed by atoms with Crippen molar-refractivity contribution in [1.82, 2.24) is 20.3 Å². The fourth-order valence-electron chi connectivity index (χ4n) is 4.06. The van der Waals surface area contributed by atoms with Crippen molar-refractivity contribution < 1.29 is 9.26 Å². The van der Waals surface area contributed by atoms with Crippen LogP contribution in [0.2, 0.25) is 0 Å². The molecule has 2 aromatic rings. The van der Waals surface area contributed by atoms with Crippen LogP contribution >= 0.6 is 0 Å². The average molecular weight is 398 g/mol. The van der Waals surface area contributed by atoms with Crippen molar-refractivity contribution in [2.45, 2.75) is 31.7 Å². The molecule has 1 N–H and O–H groups in total. The fraction of sp³-hybridized carbons (Fsp3) is 0.545. The van der Waals surface area contributed by atoms with Gasteiger partial charge in [-0.15, -0.1) is 0 Å². The SMILES string of the molecule is CCNC(=NCC1(c2ccccc2OC)CC1)N1CCN(Cc2ccon2)CC1. The van der Waals surface area contributed by atoms with Crippen molar-refractivity contribution >= 4 is 5.96 Å². The molecule has 0 spiro atoms. The molecule has 2 heterocycles. The number of aromatic nitrogens is 1. The number of para-hydroxylation sites is 1. The van der Waals surface area contributed by atoms with Crippen LogP contribution in [-0.2, 0) is 12.0 Å². The summed E-state index contributed by atoms with van der Waals surface area (Å²) in [5, 5.41) is 7.52. The zero-order chi connectivity index (χ0) is 20.1. The summed E-state index contributed by atoms with van der Waals surface area (Å²) in [6.07, 6.45) is 3.97. The molecule has 29 heavy (non-hydrogen) atoms. The molecular weight excluding hydrogens is 366 g/mol. The van der Waals surface area contributed by atoms with Crippen LogP contribution in [0.15, 0.2) is 46.1 Å². The Bertz CT molecular complexity index is 808. The first-order valence-electron chi connectivity index (χ1n) is 10.5. The van der Waals surface area contributed by atoms with Crippen LogP contribution in [0.25, 0.3) is 0 Å². The Balaban J connectivity index is 1.39. The molecule has 1 aliphatic heterocycles. The summed E-state index contributed by atoms with van der Waals surface area (Å²) in [4.78, 5) is 9.84. The number of benzene rings is 1. The molecule has 156 valence electrons. The smallest absolute Gasteiger partial charge is 0.194 e. The van der Waals surface area contributed by atoms with Crippen molar-refractivity contribution in [3.63, 3.8) is 0 Å². The van der Waals surface area contributed by atoms with E-state index >= 15 is 0 Å². The third-order valence-corrected chi connectivity index (χ3v) is 5.95. The van der Waals surface area contributed by atoms with E-state index in [-0.39, 0.29) is 5.41 Å². The van der Waals surface area contributed by atoms with E-state index in [1.54, 1.807) is 13.4 Å². The molecule has 2 aliphatic rings. The summed E-state index contributed by atoms with van der Waals surface area (Å²) in [5.41, 5.74) is 2.41. The van der Waals surface area contributed by atoms with E-state index in [2.05, 4.69) is 45.4 Å². The van der Waals surface area contributed by atoms with Gasteiger partial charge in [-0.1, -0.05) is 23.4 Å². The van der Waals surface area contributed by atoms with E-state index in [1.165, 1.54) is 18.4 Å². The number of ether oxygens (including phenoxy) is 1. The number of hydrogen-bond donors (Lipinski definition) is 1. The molecule has 7 nitrogen and oxygen atoms in total. The lowest BCUT2D eigenvalue weighted by Gasteiger charge is -2.36. The lowest BCUT2D eigenvalue weighted by Crippen LogP contribution is -2.52. The first-order chi connectivity index (χ1) is 14.2. The highest BCUT2D eigenvalue weighted by atomic mass is 16.5. The molecule has 1 aromatic carbocycles. The Morgan fingerprint density at radius 2 is 2.00 bits per heavy atom. The quantitative estimate of drug-likeness (QED) is 0.572. The van der Waals surface area contributed by atoms with Crippen LogP contribution in [0.4, 0.5) is 0 Å². The second-order valence-corrected chi connectivity index (χ2v) is 7.90. The van der Waals surface area contributed by atoms with Gasteiger partial charge in [0.2, 0.25) is 0 Å². The van der Waals surface area contributed by atoms with Gasteiger partial charge in [0.1, 0.15) is 12.0 Å². The summed E-state index contributed by atoms with van der Waals surface area (Å²) in [6, 6.07) is 10.3. The van der Waals surface area contributed by atoms with E-state index in [0.29, 0.717) is 0 Å². The summed E-state index contributed by atoms with van der Waals surface area (Å²) in [5.74, 6) is 2.00. The molecule has 0 bridgehead atoms. The van der Waals surface area contributed by atoms with Crippen LogP contribution in [-0.4, -0.2) is 67.3 Å². The number of guanidine groups is 1. The van der Waals surface area contributed by atoms with Gasteiger partial charge in [0, 0.05) is 56.3 Å². The predicted octanol–water partition coefficient (Wildman–Crippen LogP) is 2.50. The van der Waals surface area contributed by atoms with Gasteiger partial charge >= 0.3 is 0 Å². The summed E-state index contributed by atoms with van der Waals surface area (Å²) in [6.45, 7) is 8.56. The first kappa shape index (κ1) is 19.8. The number of nitrogens with one attached hydrogen (secondary N) is 1. The zero-order valence-corrected chi connectivity index (χ0v) is 17.4. The summed E-state index contributed by atoms with van der Waals surface area (Å²) in [7, 11) is 1.75. The van der Waals surface area contributed by atoms with Gasteiger partial charge in [-0.05, 0) is 25.8 Å². The molecular formula is C22H31N5O2. The predicted molar refractivity (Wildman–Crippen MR) is 113 cm³/mol. The van der Waals surface area contributed by atoms with Crippen molar-refractivity contribution in [3.8, 4) is 5.75 Å². The highest BCUT2D eigenvalue weighted by Gasteiger charge is 2.46. The second kappa shape index (κ2) is 8.86. The van der Waals surface area contributed by atoms with Crippen molar-refractivity contribution in [1.29, 1.82) is 0 Å². The molecule has 1 saturated carbocycles. The van der Waals surface area contributed by atoms with E-state index in [9.17, 15) is 0 Å². The number of piperazine rings is 1. The lowest BCUT2D eigenvalue weighted by molar-refractivity contribution is 0.169. The first-order valence-corrected chi connectivity index (χ1v) is 10.5. The van der Waals surface area contributed by atoms with Gasteiger partial charge in [0.25, 0.3) is 0 Å². The molecule has 1 aromatic heterocycles. The second-order valence-electron chi connectivity index (χ2n) is 7.90. The molecule has 0 amide bonds. The maximum absolute atomic E-state index is 5.61. The van der Waals surface area contributed by atoms with Gasteiger partial charge in [0.15, 0.2) is 5.96 Å². The Labute approximate surface area is 172 Å². The van der Waals surface area contributed by atoms with Crippen LogP contribution in [0, 0.1) is 0 Å². The summed E-state index contributed by atoms with van der Waals surface area (Å²) < 4.78 is 10.6. The van der Waals surface area contributed by atoms with Crippen LogP contribution < -0.4 is 10.1 Å². The molecule has 1 saturated heterocycles. The largest absolute Gasteiger partial charge is 0.496 e. The number of aliphatic imine (C=N–C) groups is 1. The van der Waals surface area contributed by atoms with E-state index in [0.717, 1.165) is 63.2 Å². The minimum atomic E-state index is 0.127. The molecule has 2 fully saturated rings. The Morgan fingerprint density at radius 3 is 2.66 bits per heavy atom. The number of methoxy groups -OCH3 is 1. The lowest BCUT2D eigenvalue weighted by atomic mass is 9.95. The normalized spacial score (nSPS) is 19.2. The maximum Gasteiger partial charge on any atom is 0.194 e. The third-order valence-electron chi connectivity index (χ3n) is 5.95. The van der Waals surface area contributed by atoms with Crippen molar-refractivity contribution in [3.05, 3.63) is 47.9 Å². The topological polar surface area (TPSA) is 66.1 Å². The van der Waals surface area contributed by atoms with Crippen LogP contribution in [0.3, 0.4) is 0 Å². The fourth-order valence-corrected chi connectivity index (χ4v) is 4.06. The number of hydrogen-bond acceptors (Lipinski definition) is 5. The zero-order valence-electron chi connectivity index (χ0n) is 17.4. The minimum absolute atomic E-state index is 0.127. The van der Waals surface area contributed by atoms with E-state index < -0.39 is 0 Å². The van der Waals surface area contributed by atoms with Gasteiger partial charge < -0.3 is 19.5 Å². The molecule has 4 rings (SSSR count). The van der Waals surface area contributed by atoms with Gasteiger partial charge in [-0.3, -0.25) is 9.89 Å². The van der Waals surface area contributed by atoms with Gasteiger partial charge in [-0.2, -0.15) is 0 Å². The third kappa shape index (κ3) is 4.56. The molecule has 1 aliphatic carbocycles. The highest BCUT2D eigenvalue weighted by molar-refractivity contribution is 5.80. The molecule has 0 atom stereocenters. The van der Waals surface area contributed by atoms with E-state index in [4.69, 9.17) is 14.3 Å². The maximum atomic E-state index is 5.61. The highest BCUT2D eigenvalue weighted by Crippen LogP contribution is 2.51. The van der Waals surface area contributed by atoms with Crippen LogP contribution in [0.5, 0.6) is 5.75 Å².